The van der Waals surface area contributed by atoms with Gasteiger partial charge in [0.15, 0.2) is 5.56 Å². The Hall–Kier alpha value is -3.11. The van der Waals surface area contributed by atoms with Crippen LogP contribution in [0, 0.1) is 0 Å². The number of carboxylic acid groups (broad SMARTS) is 1. The first-order chi connectivity index (χ1) is 14.7. The number of carboxylic acids is 1. The lowest BCUT2D eigenvalue weighted by Gasteiger charge is -2.34. The van der Waals surface area contributed by atoms with Crippen LogP contribution in [0.3, 0.4) is 0 Å². The van der Waals surface area contributed by atoms with Crippen LogP contribution in [-0.4, -0.2) is 61.7 Å². The molecule has 3 rings (SSSR count). The molecule has 0 aromatic carbocycles. The molecule has 1 aliphatic carbocycles. The highest BCUT2D eigenvalue weighted by Gasteiger charge is 2.33. The molecule has 1 unspecified atom stereocenters. The van der Waals surface area contributed by atoms with Crippen LogP contribution >= 0.6 is 0 Å². The Morgan fingerprint density at radius 2 is 1.65 bits per heavy atom. The zero-order valence-corrected chi connectivity index (χ0v) is 17.5. The van der Waals surface area contributed by atoms with E-state index >= 15 is 0 Å². The largest absolute Gasteiger partial charge is 0.494 e. The van der Waals surface area contributed by atoms with Gasteiger partial charge in [0.25, 0.3) is 11.5 Å². The third kappa shape index (κ3) is 4.64. The average molecular weight is 436 g/mol. The van der Waals surface area contributed by atoms with Crippen LogP contribution in [0.25, 0.3) is 0 Å². The molecule has 2 fully saturated rings. The fourth-order valence-corrected chi connectivity index (χ4v) is 4.51. The van der Waals surface area contributed by atoms with Crippen LogP contribution in [0.2, 0.25) is 0 Å². The summed E-state index contributed by atoms with van der Waals surface area (Å²) in [6.45, 7) is 1.34. The van der Waals surface area contributed by atoms with Gasteiger partial charge in [-0.25, -0.2) is 4.79 Å². The van der Waals surface area contributed by atoms with Gasteiger partial charge in [-0.3, -0.25) is 28.3 Å². The van der Waals surface area contributed by atoms with E-state index < -0.39 is 47.2 Å². The van der Waals surface area contributed by atoms with Crippen LogP contribution in [0.4, 0.5) is 0 Å². The van der Waals surface area contributed by atoms with Gasteiger partial charge in [0.1, 0.15) is 6.54 Å². The quantitative estimate of drug-likeness (QED) is 0.597. The van der Waals surface area contributed by atoms with Crippen LogP contribution < -0.4 is 16.6 Å². The first-order valence-electron chi connectivity index (χ1n) is 10.6. The van der Waals surface area contributed by atoms with Crippen LogP contribution in [0.1, 0.15) is 74.3 Å². The van der Waals surface area contributed by atoms with E-state index in [1.165, 1.54) is 6.92 Å². The smallest absolute Gasteiger partial charge is 0.334 e. The van der Waals surface area contributed by atoms with Crippen molar-refractivity contribution in [2.75, 3.05) is 19.6 Å². The molecule has 3 N–H and O–H groups in total. The Bertz CT molecular complexity index is 990. The van der Waals surface area contributed by atoms with Crippen molar-refractivity contribution in [2.45, 2.75) is 64.0 Å². The standard InChI is InChI=1S/C20H28N4O7/c1-12(25)22-9-5-8-14(11-22)24-19(30)16(17(28)21-10-15(26)27)18(29)23(20(24)31)13-6-3-2-4-7-13/h13-14,29H,2-11H2,1H3,(H,21,28)(H,26,27). The molecule has 0 bridgehead atoms. The summed E-state index contributed by atoms with van der Waals surface area (Å²) in [5.74, 6) is -3.27. The number of piperidine rings is 1. The molecule has 1 aromatic rings. The Labute approximate surface area is 178 Å². The van der Waals surface area contributed by atoms with E-state index in [0.717, 1.165) is 28.4 Å². The summed E-state index contributed by atoms with van der Waals surface area (Å²) >= 11 is 0. The molecule has 1 aromatic heterocycles. The summed E-state index contributed by atoms with van der Waals surface area (Å²) in [6, 6.07) is -1.01. The van der Waals surface area contributed by atoms with Gasteiger partial charge in [-0.2, -0.15) is 0 Å². The molecule has 11 heteroatoms. The average Bonchev–Trinajstić information content (AvgIpc) is 2.73. The van der Waals surface area contributed by atoms with E-state index in [1.807, 2.05) is 0 Å². The fraction of sp³-hybridized carbons (Fsp3) is 0.650. The lowest BCUT2D eigenvalue weighted by Crippen LogP contribution is -2.51. The highest BCUT2D eigenvalue weighted by molar-refractivity contribution is 5.97. The summed E-state index contributed by atoms with van der Waals surface area (Å²) in [5, 5.41) is 21.7. The second-order valence-electron chi connectivity index (χ2n) is 8.16. The Morgan fingerprint density at radius 3 is 2.26 bits per heavy atom. The molecule has 2 heterocycles. The molecule has 0 spiro atoms. The lowest BCUT2D eigenvalue weighted by molar-refractivity contribution is -0.135. The molecule has 1 saturated heterocycles. The number of nitrogens with zero attached hydrogens (tertiary/aromatic N) is 3. The topological polar surface area (TPSA) is 151 Å². The summed E-state index contributed by atoms with van der Waals surface area (Å²) < 4.78 is 2.06. The first kappa shape index (κ1) is 22.6. The normalized spacial score (nSPS) is 19.8. The van der Waals surface area contributed by atoms with Crippen molar-refractivity contribution in [1.29, 1.82) is 0 Å². The van der Waals surface area contributed by atoms with Gasteiger partial charge >= 0.3 is 11.7 Å². The molecule has 170 valence electrons. The van der Waals surface area contributed by atoms with Gasteiger partial charge in [0, 0.05) is 26.1 Å². The molecule has 2 amide bonds. The fourth-order valence-electron chi connectivity index (χ4n) is 4.51. The number of amides is 2. The van der Waals surface area contributed by atoms with E-state index in [-0.39, 0.29) is 18.5 Å². The number of likely N-dealkylation sites (tertiary alicyclic amines) is 1. The van der Waals surface area contributed by atoms with Crippen molar-refractivity contribution in [3.05, 3.63) is 26.4 Å². The first-order valence-corrected chi connectivity index (χ1v) is 10.6. The minimum atomic E-state index is -1.31. The van der Waals surface area contributed by atoms with Gasteiger partial charge < -0.3 is 20.4 Å². The van der Waals surface area contributed by atoms with Gasteiger partial charge in [0.2, 0.25) is 11.8 Å². The molecule has 1 aliphatic heterocycles. The number of carbonyl (C=O) groups is 3. The zero-order valence-electron chi connectivity index (χ0n) is 17.5. The number of rotatable bonds is 5. The van der Waals surface area contributed by atoms with Crippen molar-refractivity contribution >= 4 is 17.8 Å². The second kappa shape index (κ2) is 9.36. The van der Waals surface area contributed by atoms with E-state index in [0.29, 0.717) is 32.2 Å². The van der Waals surface area contributed by atoms with Crippen molar-refractivity contribution in [3.8, 4) is 5.88 Å². The van der Waals surface area contributed by atoms with E-state index in [1.54, 1.807) is 4.90 Å². The molecule has 31 heavy (non-hydrogen) atoms. The Balaban J connectivity index is 2.14. The van der Waals surface area contributed by atoms with E-state index in [4.69, 9.17) is 5.11 Å². The maximum atomic E-state index is 13.4. The Kier molecular flexibility index (Phi) is 6.81. The van der Waals surface area contributed by atoms with Crippen molar-refractivity contribution in [2.24, 2.45) is 0 Å². The van der Waals surface area contributed by atoms with Gasteiger partial charge in [0.05, 0.1) is 6.04 Å². The summed E-state index contributed by atoms with van der Waals surface area (Å²) in [5.41, 5.74) is -2.33. The number of hydrogen-bond donors (Lipinski definition) is 3. The van der Waals surface area contributed by atoms with E-state index in [2.05, 4.69) is 5.32 Å². The predicted molar refractivity (Wildman–Crippen MR) is 109 cm³/mol. The number of hydrogen-bond acceptors (Lipinski definition) is 6. The van der Waals surface area contributed by atoms with Gasteiger partial charge in [-0.1, -0.05) is 19.3 Å². The highest BCUT2D eigenvalue weighted by atomic mass is 16.4. The number of carbonyl (C=O) groups excluding carboxylic acids is 2. The Morgan fingerprint density at radius 1 is 1.00 bits per heavy atom. The predicted octanol–water partition coefficient (Wildman–Crippen LogP) is 0.219. The molecule has 2 aliphatic rings. The molecule has 11 nitrogen and oxygen atoms in total. The SMILES string of the molecule is CC(=O)N1CCCC(n2c(=O)c(C(=O)NCC(=O)O)c(O)n(C3CCCCC3)c2=O)C1. The van der Waals surface area contributed by atoms with E-state index in [9.17, 15) is 29.1 Å². The van der Waals surface area contributed by atoms with Crippen LogP contribution in [-0.2, 0) is 9.59 Å². The van der Waals surface area contributed by atoms with Gasteiger partial charge in [-0.15, -0.1) is 0 Å². The second-order valence-corrected chi connectivity index (χ2v) is 8.16. The number of nitrogens with one attached hydrogen (secondary N) is 1. The zero-order chi connectivity index (χ0) is 22.7. The number of aromatic hydroxyl groups is 1. The summed E-state index contributed by atoms with van der Waals surface area (Å²) in [4.78, 5) is 63.4. The molecular weight excluding hydrogens is 408 g/mol. The minimum absolute atomic E-state index is 0.149. The maximum Gasteiger partial charge on any atom is 0.334 e. The summed E-state index contributed by atoms with van der Waals surface area (Å²) in [6.07, 6.45) is 4.97. The number of aliphatic carboxylic acids is 1. The van der Waals surface area contributed by atoms with Crippen molar-refractivity contribution < 1.29 is 24.6 Å². The van der Waals surface area contributed by atoms with Crippen LogP contribution in [0.5, 0.6) is 5.88 Å². The van der Waals surface area contributed by atoms with Gasteiger partial charge in [-0.05, 0) is 25.7 Å². The summed E-state index contributed by atoms with van der Waals surface area (Å²) in [7, 11) is 0. The highest BCUT2D eigenvalue weighted by Crippen LogP contribution is 2.31. The monoisotopic (exact) mass is 436 g/mol. The van der Waals surface area contributed by atoms with Crippen molar-refractivity contribution in [1.82, 2.24) is 19.4 Å². The van der Waals surface area contributed by atoms with Crippen molar-refractivity contribution in [3.63, 3.8) is 0 Å². The van der Waals surface area contributed by atoms with Crippen LogP contribution in [0.15, 0.2) is 9.59 Å². The molecule has 1 saturated carbocycles. The number of aromatic nitrogens is 2. The minimum Gasteiger partial charge on any atom is -0.494 e. The maximum absolute atomic E-state index is 13.4. The molecule has 1 atom stereocenters. The molecule has 0 radical (unpaired) electrons. The lowest BCUT2D eigenvalue weighted by atomic mass is 9.95. The molecular formula is C20H28N4O7. The third-order valence-electron chi connectivity index (χ3n) is 6.07. The third-order valence-corrected chi connectivity index (χ3v) is 6.07.